The summed E-state index contributed by atoms with van der Waals surface area (Å²) in [6.45, 7) is 2.13. The molecule has 2 aromatic heterocycles. The van der Waals surface area contributed by atoms with Gasteiger partial charge in [-0.3, -0.25) is 14.8 Å². The highest BCUT2D eigenvalue weighted by molar-refractivity contribution is 6.04. The number of pyridine rings is 1. The number of carbonyl (C=O) groups excluding carboxylic acids is 1. The lowest BCUT2D eigenvalue weighted by Crippen LogP contribution is -2.12. The van der Waals surface area contributed by atoms with Crippen molar-refractivity contribution in [2.75, 3.05) is 19.5 Å². The van der Waals surface area contributed by atoms with E-state index in [4.69, 9.17) is 14.5 Å². The number of hydrogen-bond acceptors (Lipinski definition) is 6. The van der Waals surface area contributed by atoms with E-state index in [1.165, 1.54) is 0 Å². The van der Waals surface area contributed by atoms with Crippen LogP contribution in [0.25, 0.3) is 11.3 Å². The molecule has 0 unspecified atom stereocenters. The van der Waals surface area contributed by atoms with Crippen LogP contribution in [-0.4, -0.2) is 35.1 Å². The first-order chi connectivity index (χ1) is 16.6. The number of rotatable bonds is 8. The minimum absolute atomic E-state index is 0.171. The van der Waals surface area contributed by atoms with E-state index in [1.54, 1.807) is 51.1 Å². The average molecular weight is 455 g/mol. The van der Waals surface area contributed by atoms with Crippen LogP contribution in [0, 0.1) is 0 Å². The molecule has 2 heterocycles. The van der Waals surface area contributed by atoms with Crippen LogP contribution in [0.4, 0.5) is 5.69 Å². The van der Waals surface area contributed by atoms with Crippen molar-refractivity contribution in [3.63, 3.8) is 0 Å². The summed E-state index contributed by atoms with van der Waals surface area (Å²) in [4.78, 5) is 25.7. The Morgan fingerprint density at radius 3 is 2.56 bits per heavy atom. The number of nitrogens with zero attached hydrogens (tertiary/aromatic N) is 3. The fourth-order valence-corrected chi connectivity index (χ4v) is 3.69. The highest BCUT2D eigenvalue weighted by Crippen LogP contribution is 2.31. The van der Waals surface area contributed by atoms with Crippen molar-refractivity contribution >= 4 is 11.6 Å². The van der Waals surface area contributed by atoms with Crippen LogP contribution < -0.4 is 14.8 Å². The van der Waals surface area contributed by atoms with E-state index < -0.39 is 0 Å². The third kappa shape index (κ3) is 5.38. The van der Waals surface area contributed by atoms with Crippen molar-refractivity contribution in [2.24, 2.45) is 0 Å². The second-order valence-electron chi connectivity index (χ2n) is 7.89. The summed E-state index contributed by atoms with van der Waals surface area (Å²) in [5.41, 5.74) is 4.90. The van der Waals surface area contributed by atoms with E-state index in [9.17, 15) is 4.79 Å². The van der Waals surface area contributed by atoms with Gasteiger partial charge in [0.15, 0.2) is 11.5 Å². The number of carbonyl (C=O) groups is 1. The van der Waals surface area contributed by atoms with Crippen LogP contribution >= 0.6 is 0 Å². The van der Waals surface area contributed by atoms with Crippen LogP contribution in [0.15, 0.2) is 79.4 Å². The van der Waals surface area contributed by atoms with Gasteiger partial charge in [0.25, 0.3) is 5.91 Å². The van der Waals surface area contributed by atoms with E-state index in [1.807, 2.05) is 36.4 Å². The van der Waals surface area contributed by atoms with Gasteiger partial charge in [0, 0.05) is 29.8 Å². The zero-order valence-corrected chi connectivity index (χ0v) is 19.4. The molecule has 34 heavy (non-hydrogen) atoms. The molecule has 0 aliphatic rings. The number of ether oxygens (including phenoxy) is 2. The standard InChI is InChI=1S/C27H26N4O3/c1-18(19-6-4-8-22(13-19)31-27(32)21-7-5-11-28-15-21)12-23-16-29-17-24(30-23)20-9-10-25(33-2)26(14-20)34-3/h4-11,13-18H,12H2,1-3H3,(H,31,32)/t18-/m1/s1. The van der Waals surface area contributed by atoms with Gasteiger partial charge in [-0.15, -0.1) is 0 Å². The number of aromatic nitrogens is 3. The van der Waals surface area contributed by atoms with E-state index in [-0.39, 0.29) is 11.8 Å². The van der Waals surface area contributed by atoms with Crippen molar-refractivity contribution in [1.29, 1.82) is 0 Å². The normalized spacial score (nSPS) is 11.5. The minimum Gasteiger partial charge on any atom is -0.493 e. The Morgan fingerprint density at radius 2 is 1.79 bits per heavy atom. The maximum atomic E-state index is 12.5. The molecular formula is C27H26N4O3. The van der Waals surface area contributed by atoms with Crippen LogP contribution in [0.3, 0.4) is 0 Å². The molecule has 0 aliphatic carbocycles. The van der Waals surface area contributed by atoms with Gasteiger partial charge in [-0.2, -0.15) is 0 Å². The van der Waals surface area contributed by atoms with Crippen LogP contribution in [0.2, 0.25) is 0 Å². The number of amides is 1. The third-order valence-corrected chi connectivity index (χ3v) is 5.52. The summed E-state index contributed by atoms with van der Waals surface area (Å²) in [6.07, 6.45) is 7.42. The van der Waals surface area contributed by atoms with Gasteiger partial charge >= 0.3 is 0 Å². The molecule has 1 N–H and O–H groups in total. The first kappa shape index (κ1) is 22.9. The molecule has 7 heteroatoms. The molecule has 4 rings (SSSR count). The maximum absolute atomic E-state index is 12.5. The lowest BCUT2D eigenvalue weighted by atomic mass is 9.96. The second-order valence-corrected chi connectivity index (χ2v) is 7.89. The highest BCUT2D eigenvalue weighted by atomic mass is 16.5. The number of benzene rings is 2. The fourth-order valence-electron chi connectivity index (χ4n) is 3.69. The van der Waals surface area contributed by atoms with E-state index in [0.717, 1.165) is 28.2 Å². The molecule has 172 valence electrons. The van der Waals surface area contributed by atoms with Crippen LogP contribution in [-0.2, 0) is 6.42 Å². The molecular weight excluding hydrogens is 428 g/mol. The molecule has 1 amide bonds. The largest absolute Gasteiger partial charge is 0.493 e. The van der Waals surface area contributed by atoms with Gasteiger partial charge in [0.2, 0.25) is 0 Å². The third-order valence-electron chi connectivity index (χ3n) is 5.52. The van der Waals surface area contributed by atoms with Crippen LogP contribution in [0.5, 0.6) is 11.5 Å². The summed E-state index contributed by atoms with van der Waals surface area (Å²) in [5.74, 6) is 1.29. The summed E-state index contributed by atoms with van der Waals surface area (Å²) >= 11 is 0. The molecule has 1 atom stereocenters. The molecule has 0 fully saturated rings. The molecule has 0 aliphatic heterocycles. The molecule has 0 radical (unpaired) electrons. The zero-order chi connectivity index (χ0) is 23.9. The lowest BCUT2D eigenvalue weighted by Gasteiger charge is -2.14. The molecule has 2 aromatic carbocycles. The predicted octanol–water partition coefficient (Wildman–Crippen LogP) is 5.15. The SMILES string of the molecule is COc1ccc(-c2cncc(C[C@@H](C)c3cccc(NC(=O)c4cccnc4)c3)n2)cc1OC. The zero-order valence-electron chi connectivity index (χ0n) is 19.4. The van der Waals surface area contributed by atoms with E-state index in [0.29, 0.717) is 23.5 Å². The average Bonchev–Trinajstić information content (AvgIpc) is 2.89. The van der Waals surface area contributed by atoms with E-state index in [2.05, 4.69) is 28.3 Å². The van der Waals surface area contributed by atoms with Gasteiger partial charge < -0.3 is 14.8 Å². The van der Waals surface area contributed by atoms with Crippen molar-refractivity contribution in [2.45, 2.75) is 19.3 Å². The molecule has 7 nitrogen and oxygen atoms in total. The first-order valence-electron chi connectivity index (χ1n) is 10.9. The Labute approximate surface area is 198 Å². The quantitative estimate of drug-likeness (QED) is 0.396. The van der Waals surface area contributed by atoms with Gasteiger partial charge in [-0.1, -0.05) is 19.1 Å². The molecule has 0 bridgehead atoms. The summed E-state index contributed by atoms with van der Waals surface area (Å²) in [7, 11) is 3.22. The Morgan fingerprint density at radius 1 is 0.941 bits per heavy atom. The van der Waals surface area contributed by atoms with Crippen molar-refractivity contribution < 1.29 is 14.3 Å². The summed E-state index contributed by atoms with van der Waals surface area (Å²) in [5, 5.41) is 2.94. The Bertz CT molecular complexity index is 1280. The smallest absolute Gasteiger partial charge is 0.257 e. The summed E-state index contributed by atoms with van der Waals surface area (Å²) < 4.78 is 10.7. The highest BCUT2D eigenvalue weighted by Gasteiger charge is 2.13. The maximum Gasteiger partial charge on any atom is 0.257 e. The number of hydrogen-bond donors (Lipinski definition) is 1. The molecule has 0 saturated heterocycles. The Kier molecular flexibility index (Phi) is 7.13. The first-order valence-corrected chi connectivity index (χ1v) is 10.9. The molecule has 4 aromatic rings. The van der Waals surface area contributed by atoms with E-state index >= 15 is 0 Å². The molecule has 0 saturated carbocycles. The van der Waals surface area contributed by atoms with Gasteiger partial charge in [-0.25, -0.2) is 4.98 Å². The van der Waals surface area contributed by atoms with Crippen molar-refractivity contribution in [3.8, 4) is 22.8 Å². The number of methoxy groups -OCH3 is 2. The molecule has 0 spiro atoms. The number of anilines is 1. The van der Waals surface area contributed by atoms with Gasteiger partial charge in [0.05, 0.1) is 37.4 Å². The topological polar surface area (TPSA) is 86.2 Å². The predicted molar refractivity (Wildman–Crippen MR) is 131 cm³/mol. The lowest BCUT2D eigenvalue weighted by molar-refractivity contribution is 0.102. The Balaban J connectivity index is 1.49. The number of nitrogens with one attached hydrogen (secondary N) is 1. The monoisotopic (exact) mass is 454 g/mol. The Hall–Kier alpha value is -4.26. The van der Waals surface area contributed by atoms with Crippen molar-refractivity contribution in [3.05, 3.63) is 96.2 Å². The fraction of sp³-hybridized carbons (Fsp3) is 0.185. The minimum atomic E-state index is -0.189. The van der Waals surface area contributed by atoms with Gasteiger partial charge in [0.1, 0.15) is 0 Å². The summed E-state index contributed by atoms with van der Waals surface area (Å²) in [6, 6.07) is 17.0. The second kappa shape index (κ2) is 10.6. The van der Waals surface area contributed by atoms with Gasteiger partial charge in [-0.05, 0) is 60.4 Å². The van der Waals surface area contributed by atoms with Crippen LogP contribution in [0.1, 0.15) is 34.5 Å². The van der Waals surface area contributed by atoms with Crippen molar-refractivity contribution in [1.82, 2.24) is 15.0 Å².